The highest BCUT2D eigenvalue weighted by molar-refractivity contribution is 5.04. The Bertz CT molecular complexity index is 313. The fourth-order valence-electron chi connectivity index (χ4n) is 2.34. The second kappa shape index (κ2) is 6.80. The second-order valence-corrected chi connectivity index (χ2v) is 5.01. The Morgan fingerprint density at radius 3 is 2.47 bits per heavy atom. The molecule has 1 aromatic rings. The van der Waals surface area contributed by atoms with Gasteiger partial charge in [-0.2, -0.15) is 5.10 Å². The predicted octanol–water partition coefficient (Wildman–Crippen LogP) is 2.77. The average molecular weight is 237 g/mol. The Balaban J connectivity index is 2.54. The topological polar surface area (TPSA) is 29.9 Å². The van der Waals surface area contributed by atoms with Gasteiger partial charge in [0.05, 0.1) is 6.20 Å². The van der Waals surface area contributed by atoms with E-state index in [2.05, 4.69) is 37.4 Å². The molecule has 3 heteroatoms. The maximum absolute atomic E-state index is 4.23. The molecule has 0 bridgehead atoms. The molecule has 0 atom stereocenters. The van der Waals surface area contributed by atoms with E-state index in [4.69, 9.17) is 0 Å². The number of aryl methyl sites for hydroxylation is 2. The van der Waals surface area contributed by atoms with Gasteiger partial charge in [-0.3, -0.25) is 4.68 Å². The first kappa shape index (κ1) is 14.2. The number of aromatic nitrogens is 2. The molecule has 0 aromatic carbocycles. The molecule has 0 saturated carbocycles. The first-order valence-corrected chi connectivity index (χ1v) is 6.84. The van der Waals surface area contributed by atoms with Crippen LogP contribution < -0.4 is 5.32 Å². The fourth-order valence-corrected chi connectivity index (χ4v) is 2.34. The van der Waals surface area contributed by atoms with Gasteiger partial charge in [0.25, 0.3) is 0 Å². The van der Waals surface area contributed by atoms with Gasteiger partial charge in [-0.25, -0.2) is 0 Å². The quantitative estimate of drug-likeness (QED) is 0.753. The third-order valence-corrected chi connectivity index (χ3v) is 3.95. The van der Waals surface area contributed by atoms with Crippen molar-refractivity contribution in [1.29, 1.82) is 0 Å². The summed E-state index contributed by atoms with van der Waals surface area (Å²) in [4.78, 5) is 0. The second-order valence-electron chi connectivity index (χ2n) is 5.01. The van der Waals surface area contributed by atoms with E-state index in [-0.39, 0.29) is 0 Å². The summed E-state index contributed by atoms with van der Waals surface area (Å²) >= 11 is 0. The summed E-state index contributed by atoms with van der Waals surface area (Å²) in [5, 5.41) is 7.74. The molecule has 0 amide bonds. The highest BCUT2D eigenvalue weighted by Crippen LogP contribution is 2.31. The van der Waals surface area contributed by atoms with E-state index in [1.165, 1.54) is 24.8 Å². The molecular formula is C14H27N3. The zero-order valence-electron chi connectivity index (χ0n) is 11.8. The van der Waals surface area contributed by atoms with Gasteiger partial charge < -0.3 is 5.32 Å². The summed E-state index contributed by atoms with van der Waals surface area (Å²) in [7, 11) is 1.98. The smallest absolute Gasteiger partial charge is 0.0521 e. The Labute approximate surface area is 106 Å². The molecule has 1 aromatic heterocycles. The highest BCUT2D eigenvalue weighted by Gasteiger charge is 2.25. The van der Waals surface area contributed by atoms with Crippen molar-refractivity contribution in [2.75, 3.05) is 13.1 Å². The molecule has 0 radical (unpaired) electrons. The van der Waals surface area contributed by atoms with E-state index < -0.39 is 0 Å². The SMILES string of the molecule is CCNCC(CC)(CC)CCc1cnn(C)c1. The zero-order valence-corrected chi connectivity index (χ0v) is 11.8. The van der Waals surface area contributed by atoms with Gasteiger partial charge in [0.15, 0.2) is 0 Å². The lowest BCUT2D eigenvalue weighted by Gasteiger charge is -2.32. The third kappa shape index (κ3) is 4.15. The number of nitrogens with zero attached hydrogens (tertiary/aromatic N) is 2. The normalized spacial score (nSPS) is 12.0. The van der Waals surface area contributed by atoms with Crippen LogP contribution in [0.4, 0.5) is 0 Å². The Hall–Kier alpha value is -0.830. The third-order valence-electron chi connectivity index (χ3n) is 3.95. The molecule has 0 unspecified atom stereocenters. The van der Waals surface area contributed by atoms with Crippen LogP contribution in [0, 0.1) is 5.41 Å². The van der Waals surface area contributed by atoms with Crippen molar-refractivity contribution in [1.82, 2.24) is 15.1 Å². The summed E-state index contributed by atoms with van der Waals surface area (Å²) in [6.45, 7) is 9.00. The first-order valence-electron chi connectivity index (χ1n) is 6.84. The molecule has 98 valence electrons. The van der Waals surface area contributed by atoms with Crippen molar-refractivity contribution < 1.29 is 0 Å². The van der Waals surface area contributed by atoms with Gasteiger partial charge in [-0.1, -0.05) is 20.8 Å². The standard InChI is InChI=1S/C14H27N3/c1-5-14(6-2,12-15-7-3)9-8-13-10-16-17(4)11-13/h10-11,15H,5-9,12H2,1-4H3. The monoisotopic (exact) mass is 237 g/mol. The minimum absolute atomic E-state index is 0.450. The molecule has 0 fully saturated rings. The Morgan fingerprint density at radius 2 is 2.00 bits per heavy atom. The van der Waals surface area contributed by atoms with Crippen LogP contribution in [0.1, 0.15) is 45.6 Å². The van der Waals surface area contributed by atoms with Crippen molar-refractivity contribution in [3.05, 3.63) is 18.0 Å². The number of hydrogen-bond acceptors (Lipinski definition) is 2. The van der Waals surface area contributed by atoms with Crippen LogP contribution in [-0.4, -0.2) is 22.9 Å². The van der Waals surface area contributed by atoms with Gasteiger partial charge in [-0.15, -0.1) is 0 Å². The van der Waals surface area contributed by atoms with Crippen LogP contribution in [0.2, 0.25) is 0 Å². The summed E-state index contributed by atoms with van der Waals surface area (Å²) in [6, 6.07) is 0. The van der Waals surface area contributed by atoms with E-state index in [1.807, 2.05) is 17.9 Å². The zero-order chi connectivity index (χ0) is 12.7. The largest absolute Gasteiger partial charge is 0.316 e. The highest BCUT2D eigenvalue weighted by atomic mass is 15.2. The number of nitrogens with one attached hydrogen (secondary N) is 1. The van der Waals surface area contributed by atoms with E-state index in [0.29, 0.717) is 5.41 Å². The van der Waals surface area contributed by atoms with Crippen molar-refractivity contribution in [3.8, 4) is 0 Å². The van der Waals surface area contributed by atoms with Gasteiger partial charge in [0.2, 0.25) is 0 Å². The average Bonchev–Trinajstić information content (AvgIpc) is 2.76. The lowest BCUT2D eigenvalue weighted by Crippen LogP contribution is -2.33. The van der Waals surface area contributed by atoms with Crippen molar-refractivity contribution in [3.63, 3.8) is 0 Å². The molecule has 0 aliphatic carbocycles. The molecule has 0 spiro atoms. The minimum atomic E-state index is 0.450. The summed E-state index contributed by atoms with van der Waals surface area (Å²) < 4.78 is 1.89. The van der Waals surface area contributed by atoms with Crippen LogP contribution in [-0.2, 0) is 13.5 Å². The Morgan fingerprint density at radius 1 is 1.29 bits per heavy atom. The van der Waals surface area contributed by atoms with Crippen LogP contribution in [0.15, 0.2) is 12.4 Å². The summed E-state index contributed by atoms with van der Waals surface area (Å²) in [5.41, 5.74) is 1.81. The molecule has 0 aliphatic rings. The molecule has 1 rings (SSSR count). The Kier molecular flexibility index (Phi) is 5.69. The summed E-state index contributed by atoms with van der Waals surface area (Å²) in [6.07, 6.45) is 9.00. The molecule has 17 heavy (non-hydrogen) atoms. The lowest BCUT2D eigenvalue weighted by molar-refractivity contribution is 0.230. The predicted molar refractivity (Wildman–Crippen MR) is 73.1 cm³/mol. The molecule has 3 nitrogen and oxygen atoms in total. The van der Waals surface area contributed by atoms with E-state index in [1.54, 1.807) is 0 Å². The van der Waals surface area contributed by atoms with Crippen LogP contribution >= 0.6 is 0 Å². The molecule has 1 heterocycles. The van der Waals surface area contributed by atoms with Gasteiger partial charge in [-0.05, 0) is 43.2 Å². The van der Waals surface area contributed by atoms with E-state index in [0.717, 1.165) is 19.5 Å². The van der Waals surface area contributed by atoms with Crippen LogP contribution in [0.5, 0.6) is 0 Å². The van der Waals surface area contributed by atoms with Gasteiger partial charge >= 0.3 is 0 Å². The lowest BCUT2D eigenvalue weighted by atomic mass is 9.77. The van der Waals surface area contributed by atoms with Crippen molar-refractivity contribution in [2.24, 2.45) is 12.5 Å². The van der Waals surface area contributed by atoms with Gasteiger partial charge in [0.1, 0.15) is 0 Å². The number of rotatable bonds is 8. The molecular weight excluding hydrogens is 210 g/mol. The maximum atomic E-state index is 4.23. The fraction of sp³-hybridized carbons (Fsp3) is 0.786. The van der Waals surface area contributed by atoms with Crippen LogP contribution in [0.25, 0.3) is 0 Å². The molecule has 0 saturated heterocycles. The van der Waals surface area contributed by atoms with Crippen molar-refractivity contribution >= 4 is 0 Å². The van der Waals surface area contributed by atoms with Crippen molar-refractivity contribution in [2.45, 2.75) is 46.5 Å². The molecule has 1 N–H and O–H groups in total. The van der Waals surface area contributed by atoms with Gasteiger partial charge in [0, 0.05) is 19.8 Å². The summed E-state index contributed by atoms with van der Waals surface area (Å²) in [5.74, 6) is 0. The van der Waals surface area contributed by atoms with E-state index in [9.17, 15) is 0 Å². The van der Waals surface area contributed by atoms with Crippen LogP contribution in [0.3, 0.4) is 0 Å². The molecule has 0 aliphatic heterocycles. The minimum Gasteiger partial charge on any atom is -0.316 e. The van der Waals surface area contributed by atoms with E-state index >= 15 is 0 Å². The first-order chi connectivity index (χ1) is 8.15. The number of hydrogen-bond donors (Lipinski definition) is 1. The maximum Gasteiger partial charge on any atom is 0.0521 e.